The molecule has 2 heteroatoms. The number of aliphatic hydroxyl groups is 1. The zero-order chi connectivity index (χ0) is 10.8. The van der Waals surface area contributed by atoms with Crippen LogP contribution in [0.3, 0.4) is 0 Å². The largest absolute Gasteiger partial charge is 0.392 e. The summed E-state index contributed by atoms with van der Waals surface area (Å²) in [4.78, 5) is 0. The second kappa shape index (κ2) is 9.47. The van der Waals surface area contributed by atoms with Crippen LogP contribution in [0.15, 0.2) is 0 Å². The molecule has 2 unspecified atom stereocenters. The van der Waals surface area contributed by atoms with Gasteiger partial charge in [-0.15, -0.1) is 0 Å². The van der Waals surface area contributed by atoms with Gasteiger partial charge in [0.05, 0.1) is 6.10 Å². The summed E-state index contributed by atoms with van der Waals surface area (Å²) in [6.45, 7) is 4.01. The van der Waals surface area contributed by atoms with Crippen LogP contribution in [0.4, 0.5) is 0 Å². The minimum atomic E-state index is -0.352. The predicted molar refractivity (Wildman–Crippen MR) is 62.3 cm³/mol. The summed E-state index contributed by atoms with van der Waals surface area (Å²) in [5, 5.41) is 9.17. The molecule has 14 heavy (non-hydrogen) atoms. The van der Waals surface area contributed by atoms with Crippen LogP contribution in [-0.4, -0.2) is 17.3 Å². The van der Waals surface area contributed by atoms with E-state index in [2.05, 4.69) is 6.92 Å². The fraction of sp³-hybridized carbons (Fsp3) is 1.00. The van der Waals surface area contributed by atoms with Gasteiger partial charge < -0.3 is 10.8 Å². The fourth-order valence-electron chi connectivity index (χ4n) is 1.58. The van der Waals surface area contributed by atoms with E-state index in [0.29, 0.717) is 0 Å². The van der Waals surface area contributed by atoms with Crippen molar-refractivity contribution < 1.29 is 5.11 Å². The van der Waals surface area contributed by atoms with E-state index in [4.69, 9.17) is 10.8 Å². The van der Waals surface area contributed by atoms with Crippen molar-refractivity contribution in [3.8, 4) is 0 Å². The number of hydrogen-bond donors (Lipinski definition) is 2. The Balaban J connectivity index is 3.06. The molecule has 0 radical (unpaired) electrons. The molecule has 0 bridgehead atoms. The second-order valence-electron chi connectivity index (χ2n) is 4.31. The second-order valence-corrected chi connectivity index (χ2v) is 4.31. The van der Waals surface area contributed by atoms with E-state index in [1.165, 1.54) is 38.5 Å². The van der Waals surface area contributed by atoms with Crippen molar-refractivity contribution in [2.45, 2.75) is 77.4 Å². The van der Waals surface area contributed by atoms with Crippen molar-refractivity contribution in [2.75, 3.05) is 0 Å². The smallest absolute Gasteiger partial charge is 0.0662 e. The third kappa shape index (κ3) is 8.52. The summed E-state index contributed by atoms with van der Waals surface area (Å²) in [6.07, 6.45) is 9.78. The summed E-state index contributed by atoms with van der Waals surface area (Å²) in [6, 6.07) is -0.0226. The summed E-state index contributed by atoms with van der Waals surface area (Å²) < 4.78 is 0. The molecule has 0 saturated carbocycles. The molecule has 86 valence electrons. The molecule has 0 aromatic carbocycles. The third-order valence-corrected chi connectivity index (χ3v) is 2.76. The summed E-state index contributed by atoms with van der Waals surface area (Å²) in [5.74, 6) is 0. The highest BCUT2D eigenvalue weighted by Crippen LogP contribution is 2.10. The van der Waals surface area contributed by atoms with Gasteiger partial charge in [-0.2, -0.15) is 0 Å². The maximum Gasteiger partial charge on any atom is 0.0662 e. The highest BCUT2D eigenvalue weighted by molar-refractivity contribution is 4.66. The summed E-state index contributed by atoms with van der Waals surface area (Å²) >= 11 is 0. The molecule has 0 saturated heterocycles. The topological polar surface area (TPSA) is 46.2 Å². The van der Waals surface area contributed by atoms with E-state index >= 15 is 0 Å². The van der Waals surface area contributed by atoms with Crippen molar-refractivity contribution in [1.82, 2.24) is 0 Å². The van der Waals surface area contributed by atoms with Crippen LogP contribution in [0.2, 0.25) is 0 Å². The SMILES string of the molecule is CCCCCCCCCC(N)C(C)O. The molecule has 0 spiro atoms. The van der Waals surface area contributed by atoms with Crippen LogP contribution in [0, 0.1) is 0 Å². The van der Waals surface area contributed by atoms with Gasteiger partial charge in [0.1, 0.15) is 0 Å². The van der Waals surface area contributed by atoms with Gasteiger partial charge in [0, 0.05) is 6.04 Å². The minimum absolute atomic E-state index is 0.0226. The zero-order valence-corrected chi connectivity index (χ0v) is 9.84. The number of aliphatic hydroxyl groups excluding tert-OH is 1. The van der Waals surface area contributed by atoms with Gasteiger partial charge in [-0.25, -0.2) is 0 Å². The van der Waals surface area contributed by atoms with Gasteiger partial charge in [-0.3, -0.25) is 0 Å². The first-order valence-electron chi connectivity index (χ1n) is 6.12. The average molecular weight is 201 g/mol. The molecule has 0 aromatic rings. The standard InChI is InChI=1S/C12H27NO/c1-3-4-5-6-7-8-9-10-12(13)11(2)14/h11-12,14H,3-10,13H2,1-2H3. The Morgan fingerprint density at radius 1 is 1.00 bits per heavy atom. The number of nitrogens with two attached hydrogens (primary N) is 1. The Bertz CT molecular complexity index is 115. The van der Waals surface area contributed by atoms with Gasteiger partial charge in [-0.1, -0.05) is 51.9 Å². The van der Waals surface area contributed by atoms with E-state index in [9.17, 15) is 0 Å². The van der Waals surface area contributed by atoms with Crippen molar-refractivity contribution in [3.05, 3.63) is 0 Å². The highest BCUT2D eigenvalue weighted by Gasteiger charge is 2.07. The molecule has 0 aromatic heterocycles. The van der Waals surface area contributed by atoms with Crippen molar-refractivity contribution in [2.24, 2.45) is 5.73 Å². The van der Waals surface area contributed by atoms with Gasteiger partial charge in [0.25, 0.3) is 0 Å². The molecule has 0 aliphatic heterocycles. The monoisotopic (exact) mass is 201 g/mol. The van der Waals surface area contributed by atoms with Crippen LogP contribution in [-0.2, 0) is 0 Å². The number of unbranched alkanes of at least 4 members (excludes halogenated alkanes) is 6. The molecule has 0 fully saturated rings. The molecule has 2 atom stereocenters. The molecule has 0 rings (SSSR count). The first kappa shape index (κ1) is 13.9. The van der Waals surface area contributed by atoms with Crippen molar-refractivity contribution in [1.29, 1.82) is 0 Å². The molecule has 2 nitrogen and oxygen atoms in total. The van der Waals surface area contributed by atoms with Gasteiger partial charge in [0.2, 0.25) is 0 Å². The molecule has 0 amide bonds. The molecular weight excluding hydrogens is 174 g/mol. The predicted octanol–water partition coefficient (Wildman–Crippen LogP) is 2.84. The lowest BCUT2D eigenvalue weighted by Gasteiger charge is -2.13. The third-order valence-electron chi connectivity index (χ3n) is 2.76. The lowest BCUT2D eigenvalue weighted by atomic mass is 10.0. The van der Waals surface area contributed by atoms with Crippen LogP contribution in [0.25, 0.3) is 0 Å². The first-order valence-corrected chi connectivity index (χ1v) is 6.12. The van der Waals surface area contributed by atoms with Crippen LogP contribution in [0.1, 0.15) is 65.2 Å². The Labute approximate surface area is 88.9 Å². The normalized spacial score (nSPS) is 15.4. The lowest BCUT2D eigenvalue weighted by molar-refractivity contribution is 0.157. The van der Waals surface area contributed by atoms with E-state index < -0.39 is 0 Å². The molecule has 0 aliphatic carbocycles. The maximum atomic E-state index is 9.17. The van der Waals surface area contributed by atoms with Gasteiger partial charge in [0.15, 0.2) is 0 Å². The van der Waals surface area contributed by atoms with Crippen molar-refractivity contribution in [3.63, 3.8) is 0 Å². The first-order chi connectivity index (χ1) is 6.68. The highest BCUT2D eigenvalue weighted by atomic mass is 16.3. The van der Waals surface area contributed by atoms with Crippen LogP contribution in [0.5, 0.6) is 0 Å². The summed E-state index contributed by atoms with van der Waals surface area (Å²) in [5.41, 5.74) is 5.73. The van der Waals surface area contributed by atoms with Crippen LogP contribution < -0.4 is 5.73 Å². The van der Waals surface area contributed by atoms with E-state index in [1.807, 2.05) is 0 Å². The Morgan fingerprint density at radius 2 is 1.50 bits per heavy atom. The van der Waals surface area contributed by atoms with E-state index in [0.717, 1.165) is 12.8 Å². The molecule has 0 aliphatic rings. The van der Waals surface area contributed by atoms with E-state index in [-0.39, 0.29) is 12.1 Å². The Morgan fingerprint density at radius 3 is 2.00 bits per heavy atom. The maximum absolute atomic E-state index is 9.17. The van der Waals surface area contributed by atoms with Gasteiger partial charge in [-0.05, 0) is 13.3 Å². The number of hydrogen-bond acceptors (Lipinski definition) is 2. The van der Waals surface area contributed by atoms with E-state index in [1.54, 1.807) is 6.92 Å². The average Bonchev–Trinajstić information content (AvgIpc) is 2.16. The molecule has 0 heterocycles. The molecular formula is C12H27NO. The fourth-order valence-corrected chi connectivity index (χ4v) is 1.58. The molecule has 3 N–H and O–H groups in total. The summed E-state index contributed by atoms with van der Waals surface area (Å²) in [7, 11) is 0. The van der Waals surface area contributed by atoms with Crippen molar-refractivity contribution >= 4 is 0 Å². The zero-order valence-electron chi connectivity index (χ0n) is 9.84. The quantitative estimate of drug-likeness (QED) is 0.563. The van der Waals surface area contributed by atoms with Crippen LogP contribution >= 0.6 is 0 Å². The Hall–Kier alpha value is -0.0800. The van der Waals surface area contributed by atoms with Gasteiger partial charge >= 0.3 is 0 Å². The minimum Gasteiger partial charge on any atom is -0.392 e. The lowest BCUT2D eigenvalue weighted by Crippen LogP contribution is -2.31. The Kier molecular flexibility index (Phi) is 9.42. The number of rotatable bonds is 9.